The summed E-state index contributed by atoms with van der Waals surface area (Å²) in [6.45, 7) is 9.68. The SMILES string of the molecule is C[C@H](Cn1cnc2c(N)ncnc21)OCP(=O)(O)OCCSCCCCCCCCCCCc1ccc([Si](C)(C)C)cc1. The number of nitrogen functional groups attached to an aromatic ring is 1. The number of hydrogen-bond acceptors (Lipinski definition) is 8. The van der Waals surface area contributed by atoms with Crippen LogP contribution in [0, 0.1) is 0 Å². The number of hydrogen-bond donors (Lipinski definition) is 2. The monoisotopic (exact) mass is 649 g/mol. The number of imidazole rings is 1. The van der Waals surface area contributed by atoms with Crippen molar-refractivity contribution in [1.82, 2.24) is 19.5 Å². The van der Waals surface area contributed by atoms with Gasteiger partial charge in [-0.2, -0.15) is 11.8 Å². The van der Waals surface area contributed by atoms with E-state index in [-0.39, 0.29) is 19.1 Å². The van der Waals surface area contributed by atoms with Gasteiger partial charge in [0.25, 0.3) is 0 Å². The van der Waals surface area contributed by atoms with Gasteiger partial charge in [0.1, 0.15) is 18.2 Å². The van der Waals surface area contributed by atoms with Crippen LogP contribution in [0.15, 0.2) is 36.9 Å². The molecule has 9 nitrogen and oxygen atoms in total. The molecule has 0 aliphatic carbocycles. The summed E-state index contributed by atoms with van der Waals surface area (Å²) in [4.78, 5) is 22.5. The van der Waals surface area contributed by atoms with Crippen LogP contribution < -0.4 is 10.9 Å². The first-order chi connectivity index (χ1) is 20.5. The van der Waals surface area contributed by atoms with Crippen molar-refractivity contribution >= 4 is 49.6 Å². The third-order valence-electron chi connectivity index (χ3n) is 7.50. The Morgan fingerprint density at radius 1 is 0.953 bits per heavy atom. The molecule has 12 heteroatoms. The summed E-state index contributed by atoms with van der Waals surface area (Å²) >= 11 is 1.77. The highest BCUT2D eigenvalue weighted by Gasteiger charge is 2.22. The maximum absolute atomic E-state index is 12.3. The first-order valence-corrected chi connectivity index (χ1v) is 22.1. The average Bonchev–Trinajstić information content (AvgIpc) is 3.37. The molecule has 0 fully saturated rings. The van der Waals surface area contributed by atoms with E-state index in [0.717, 1.165) is 5.75 Å². The minimum atomic E-state index is -3.81. The molecular formula is C31H52N5O4PSSi. The molecule has 0 aliphatic heterocycles. The second-order valence-corrected chi connectivity index (χ2v) is 20.5. The Morgan fingerprint density at radius 2 is 1.60 bits per heavy atom. The maximum atomic E-state index is 12.3. The molecule has 0 spiro atoms. The molecule has 0 radical (unpaired) electrons. The number of benzene rings is 1. The zero-order chi connectivity index (χ0) is 31.1. The summed E-state index contributed by atoms with van der Waals surface area (Å²) in [5.41, 5.74) is 8.43. The summed E-state index contributed by atoms with van der Waals surface area (Å²) < 4.78 is 25.0. The molecule has 2 heterocycles. The van der Waals surface area contributed by atoms with Gasteiger partial charge in [0.05, 0.1) is 33.7 Å². The summed E-state index contributed by atoms with van der Waals surface area (Å²) in [5.74, 6) is 2.07. The van der Waals surface area contributed by atoms with Crippen LogP contribution in [0.2, 0.25) is 19.6 Å². The fourth-order valence-electron chi connectivity index (χ4n) is 4.90. The van der Waals surface area contributed by atoms with E-state index < -0.39 is 15.7 Å². The van der Waals surface area contributed by atoms with E-state index >= 15 is 0 Å². The summed E-state index contributed by atoms with van der Waals surface area (Å²) in [6, 6.07) is 9.37. The molecule has 43 heavy (non-hydrogen) atoms. The predicted octanol–water partition coefficient (Wildman–Crippen LogP) is 7.01. The number of thioether (sulfide) groups is 1. The Kier molecular flexibility index (Phi) is 15.2. The van der Waals surface area contributed by atoms with Crippen LogP contribution in [-0.4, -0.2) is 63.1 Å². The van der Waals surface area contributed by atoms with Crippen molar-refractivity contribution in [2.45, 2.75) is 103 Å². The molecule has 1 aromatic carbocycles. The molecule has 3 rings (SSSR count). The van der Waals surface area contributed by atoms with Crippen molar-refractivity contribution < 1.29 is 18.7 Å². The van der Waals surface area contributed by atoms with E-state index in [4.69, 9.17) is 15.0 Å². The minimum Gasteiger partial charge on any atom is -0.382 e. The lowest BCUT2D eigenvalue weighted by molar-refractivity contribution is 0.0724. The van der Waals surface area contributed by atoms with Crippen LogP contribution in [0.5, 0.6) is 0 Å². The molecular weight excluding hydrogens is 597 g/mol. The summed E-state index contributed by atoms with van der Waals surface area (Å²) in [6.07, 6.45) is 15.2. The largest absolute Gasteiger partial charge is 0.382 e. The quantitative estimate of drug-likeness (QED) is 0.0672. The second-order valence-electron chi connectivity index (χ2n) is 12.4. The number of unbranched alkanes of at least 4 members (excludes halogenated alkanes) is 8. The highest BCUT2D eigenvalue weighted by atomic mass is 32.2. The highest BCUT2D eigenvalue weighted by Crippen LogP contribution is 2.42. The van der Waals surface area contributed by atoms with E-state index in [1.54, 1.807) is 27.8 Å². The van der Waals surface area contributed by atoms with Crippen molar-refractivity contribution in [1.29, 1.82) is 0 Å². The Hall–Kier alpha value is -1.75. The standard InChI is InChI=1S/C31H52N5O4PSSi/c1-26(22-36-24-35-29-30(32)33-23-34-31(29)36)39-25-41(37,38)40-19-21-42-20-13-11-9-7-5-6-8-10-12-14-27-15-17-28(18-16-27)43(2,3)4/h15-18,23-24,26H,5-14,19-22,25H2,1-4H3,(H,37,38)(H2,32,33,34)/t26-/m1/s1. The van der Waals surface area contributed by atoms with Crippen LogP contribution >= 0.6 is 19.4 Å². The zero-order valence-electron chi connectivity index (χ0n) is 26.5. The Labute approximate surface area is 263 Å². The lowest BCUT2D eigenvalue weighted by atomic mass is 10.0. The third-order valence-corrected chi connectivity index (χ3v) is 11.7. The molecule has 0 saturated heterocycles. The maximum Gasteiger partial charge on any atom is 0.353 e. The van der Waals surface area contributed by atoms with E-state index in [2.05, 4.69) is 58.9 Å². The number of aryl methyl sites for hydroxylation is 1. The second kappa shape index (κ2) is 18.3. The molecule has 240 valence electrons. The number of fused-ring (bicyclic) bond motifs is 1. The number of rotatable bonds is 22. The van der Waals surface area contributed by atoms with Crippen LogP contribution in [0.1, 0.15) is 70.3 Å². The number of nitrogens with zero attached hydrogens (tertiary/aromatic N) is 4. The van der Waals surface area contributed by atoms with Crippen molar-refractivity contribution in [3.05, 3.63) is 42.5 Å². The average molecular weight is 650 g/mol. The van der Waals surface area contributed by atoms with Crippen LogP contribution in [0.4, 0.5) is 5.82 Å². The minimum absolute atomic E-state index is 0.238. The van der Waals surface area contributed by atoms with Gasteiger partial charge in [-0.05, 0) is 37.5 Å². The van der Waals surface area contributed by atoms with Gasteiger partial charge in [0.15, 0.2) is 11.5 Å². The van der Waals surface area contributed by atoms with Crippen LogP contribution in [-0.2, 0) is 26.8 Å². The van der Waals surface area contributed by atoms with Gasteiger partial charge in [0, 0.05) is 5.75 Å². The Balaban J connectivity index is 1.11. The van der Waals surface area contributed by atoms with Crippen molar-refractivity contribution in [3.63, 3.8) is 0 Å². The normalized spacial score (nSPS) is 14.3. The molecule has 2 aromatic heterocycles. The van der Waals surface area contributed by atoms with Gasteiger partial charge in [-0.15, -0.1) is 0 Å². The molecule has 1 unspecified atom stereocenters. The molecule has 3 aromatic rings. The lowest BCUT2D eigenvalue weighted by Gasteiger charge is -2.17. The molecule has 2 atom stereocenters. The van der Waals surface area contributed by atoms with Crippen molar-refractivity contribution in [2.75, 3.05) is 30.2 Å². The lowest BCUT2D eigenvalue weighted by Crippen LogP contribution is -2.37. The van der Waals surface area contributed by atoms with E-state index in [1.165, 1.54) is 76.1 Å². The molecule has 0 aliphatic rings. The molecule has 0 amide bonds. The zero-order valence-corrected chi connectivity index (χ0v) is 29.3. The van der Waals surface area contributed by atoms with Gasteiger partial charge in [-0.1, -0.05) is 94.0 Å². The number of anilines is 1. The summed E-state index contributed by atoms with van der Waals surface area (Å²) in [5, 5.41) is 1.55. The number of nitrogens with two attached hydrogens (primary N) is 1. The van der Waals surface area contributed by atoms with Gasteiger partial charge < -0.3 is 24.5 Å². The van der Waals surface area contributed by atoms with Gasteiger partial charge >= 0.3 is 7.60 Å². The Bertz CT molecular complexity index is 1270. The summed E-state index contributed by atoms with van der Waals surface area (Å²) in [7, 11) is -4.99. The smallest absolute Gasteiger partial charge is 0.353 e. The molecule has 0 saturated carbocycles. The molecule has 0 bridgehead atoms. The van der Waals surface area contributed by atoms with Crippen LogP contribution in [0.3, 0.4) is 0 Å². The van der Waals surface area contributed by atoms with E-state index in [0.29, 0.717) is 29.3 Å². The highest BCUT2D eigenvalue weighted by molar-refractivity contribution is 7.99. The topological polar surface area (TPSA) is 125 Å². The van der Waals surface area contributed by atoms with Gasteiger partial charge in [-0.25, -0.2) is 15.0 Å². The number of ether oxygens (including phenoxy) is 1. The predicted molar refractivity (Wildman–Crippen MR) is 183 cm³/mol. The Morgan fingerprint density at radius 3 is 2.28 bits per heavy atom. The first-order valence-electron chi connectivity index (χ1n) is 15.7. The third kappa shape index (κ3) is 13.4. The van der Waals surface area contributed by atoms with Gasteiger partial charge in [0.2, 0.25) is 0 Å². The van der Waals surface area contributed by atoms with Crippen LogP contribution in [0.25, 0.3) is 11.2 Å². The fraction of sp³-hybridized carbons (Fsp3) is 0.645. The molecule has 3 N–H and O–H groups in total. The number of aromatic nitrogens is 4. The van der Waals surface area contributed by atoms with E-state index in [9.17, 15) is 9.46 Å². The van der Waals surface area contributed by atoms with Gasteiger partial charge in [-0.3, -0.25) is 4.57 Å². The van der Waals surface area contributed by atoms with Crippen molar-refractivity contribution in [2.24, 2.45) is 0 Å². The van der Waals surface area contributed by atoms with Crippen molar-refractivity contribution in [3.8, 4) is 0 Å². The fourth-order valence-corrected chi connectivity index (χ4v) is 7.90. The van der Waals surface area contributed by atoms with E-state index in [1.807, 2.05) is 6.92 Å². The first kappa shape index (κ1) is 35.7.